The molecule has 0 atom stereocenters. The van der Waals surface area contributed by atoms with Crippen LogP contribution in [0.5, 0.6) is 0 Å². The van der Waals surface area contributed by atoms with Gasteiger partial charge in [0, 0.05) is 57.8 Å². The molecule has 3 heterocycles. The van der Waals surface area contributed by atoms with Crippen LogP contribution in [0.4, 0.5) is 26.3 Å². The van der Waals surface area contributed by atoms with Gasteiger partial charge in [-0.25, -0.2) is 0 Å². The Balaban J connectivity index is 1.64. The first-order chi connectivity index (χ1) is 18.9. The Bertz CT molecular complexity index is 1830. The molecule has 4 aromatic rings. The lowest BCUT2D eigenvalue weighted by atomic mass is 9.84. The Morgan fingerprint density at radius 1 is 0.732 bits per heavy atom. The lowest BCUT2D eigenvalue weighted by Crippen LogP contribution is -2.50. The van der Waals surface area contributed by atoms with Crippen molar-refractivity contribution in [2.45, 2.75) is 70.4 Å². The van der Waals surface area contributed by atoms with Crippen molar-refractivity contribution < 1.29 is 31.5 Å². The summed E-state index contributed by atoms with van der Waals surface area (Å²) in [6.07, 6.45) is 0. The second kappa shape index (κ2) is 8.35. The zero-order valence-corrected chi connectivity index (χ0v) is 24.6. The molecule has 2 aliphatic rings. The zero-order valence-electron chi connectivity index (χ0n) is 22.9. The number of thiophene rings is 2. The Kier molecular flexibility index (Phi) is 5.75. The van der Waals surface area contributed by atoms with Gasteiger partial charge in [0.05, 0.1) is 11.1 Å². The number of aliphatic imine (C=N–C) groups is 1. The molecular formula is C30H25F6N2OS2. The molecule has 0 saturated heterocycles. The number of rotatable bonds is 3. The highest BCUT2D eigenvalue weighted by Gasteiger charge is 2.80. The first kappa shape index (κ1) is 28.2. The number of hydroxylamine groups is 2. The number of fused-ring (bicyclic) bond motifs is 2. The maximum Gasteiger partial charge on any atom is 0.380 e. The molecule has 1 aliphatic heterocycles. The van der Waals surface area contributed by atoms with Crippen molar-refractivity contribution >= 4 is 59.8 Å². The maximum atomic E-state index is 15.7. The van der Waals surface area contributed by atoms with E-state index in [1.54, 1.807) is 38.1 Å². The van der Waals surface area contributed by atoms with Gasteiger partial charge < -0.3 is 0 Å². The number of hydrogen-bond acceptors (Lipinski definition) is 4. The summed E-state index contributed by atoms with van der Waals surface area (Å²) >= 11 is 2.10. The fourth-order valence-corrected chi connectivity index (χ4v) is 7.86. The van der Waals surface area contributed by atoms with E-state index in [0.717, 1.165) is 27.7 Å². The average molecular weight is 608 g/mol. The average Bonchev–Trinajstić information content (AvgIpc) is 3.46. The third kappa shape index (κ3) is 3.45. The van der Waals surface area contributed by atoms with Crippen LogP contribution in [0, 0.1) is 13.8 Å². The smallest absolute Gasteiger partial charge is 0.257 e. The molecule has 0 bridgehead atoms. The predicted octanol–water partition coefficient (Wildman–Crippen LogP) is 9.53. The molecule has 1 aliphatic carbocycles. The maximum absolute atomic E-state index is 15.7. The van der Waals surface area contributed by atoms with Crippen LogP contribution in [0.3, 0.4) is 0 Å². The van der Waals surface area contributed by atoms with E-state index in [1.807, 2.05) is 13.8 Å². The van der Waals surface area contributed by atoms with E-state index in [-0.39, 0.29) is 37.5 Å². The lowest BCUT2D eigenvalue weighted by Gasteiger charge is -2.35. The van der Waals surface area contributed by atoms with E-state index < -0.39 is 40.0 Å². The van der Waals surface area contributed by atoms with Gasteiger partial charge in [-0.2, -0.15) is 31.4 Å². The van der Waals surface area contributed by atoms with Crippen molar-refractivity contribution in [3.05, 3.63) is 68.9 Å². The van der Waals surface area contributed by atoms with Crippen molar-refractivity contribution in [3.8, 4) is 0 Å². The summed E-state index contributed by atoms with van der Waals surface area (Å²) < 4.78 is 93.9. The second-order valence-corrected chi connectivity index (χ2v) is 14.1. The van der Waals surface area contributed by atoms with Gasteiger partial charge >= 0.3 is 17.8 Å². The van der Waals surface area contributed by atoms with Crippen LogP contribution in [0.2, 0.25) is 0 Å². The largest absolute Gasteiger partial charge is 0.380 e. The highest BCUT2D eigenvalue weighted by molar-refractivity contribution is 7.19. The van der Waals surface area contributed by atoms with Crippen LogP contribution < -0.4 is 0 Å². The summed E-state index contributed by atoms with van der Waals surface area (Å²) in [5, 5.41) is 14.3. The molecule has 0 spiro atoms. The Labute approximate surface area is 240 Å². The number of allylic oxidation sites excluding steroid dienone is 2. The van der Waals surface area contributed by atoms with E-state index in [2.05, 4.69) is 4.99 Å². The van der Waals surface area contributed by atoms with Gasteiger partial charge in [0.15, 0.2) is 5.84 Å². The molecule has 2 aromatic heterocycles. The topological polar surface area (TPSA) is 35.5 Å². The normalized spacial score (nSPS) is 22.3. The van der Waals surface area contributed by atoms with Crippen LogP contribution >= 0.6 is 22.7 Å². The summed E-state index contributed by atoms with van der Waals surface area (Å²) in [7, 11) is 0. The van der Waals surface area contributed by atoms with Crippen LogP contribution in [0.15, 0.2) is 47.5 Å². The summed E-state index contributed by atoms with van der Waals surface area (Å²) in [4.78, 5) is 5.02. The van der Waals surface area contributed by atoms with Crippen LogP contribution in [-0.2, 0) is 5.21 Å². The Morgan fingerprint density at radius 2 is 1.24 bits per heavy atom. The minimum Gasteiger partial charge on any atom is -0.257 e. The van der Waals surface area contributed by atoms with Gasteiger partial charge in [0.25, 0.3) is 0 Å². The number of aryl methyl sites for hydroxylation is 2. The molecule has 0 unspecified atom stereocenters. The minimum atomic E-state index is -5.65. The van der Waals surface area contributed by atoms with Crippen LogP contribution in [0.25, 0.3) is 31.3 Å². The standard InChI is InChI=1S/C30H25F6N2OS2/c1-14-21(17-9-7-8-10-19(17)40-14)23-24(29(33,34)30(35,36)28(23,31)32)22-15(2)41-20-13-16(11-12-18(20)22)25-37-26(3,4)27(5,6)38(25)39/h7-13H,1-6H3. The molecule has 0 amide bonds. The number of hydrogen-bond donors (Lipinski definition) is 0. The Morgan fingerprint density at radius 3 is 1.78 bits per heavy atom. The SMILES string of the molecule is Cc1sc2ccccc2c1C1=C(c2c(C)sc3cc(C4=NC(C)(C)C(C)(C)N4[O])ccc23)C(F)(F)C(F)(F)C1(F)F. The molecule has 0 fully saturated rings. The lowest BCUT2D eigenvalue weighted by molar-refractivity contribution is -0.254. The summed E-state index contributed by atoms with van der Waals surface area (Å²) in [5.74, 6) is -15.8. The number of nitrogens with zero attached hydrogens (tertiary/aromatic N) is 2. The van der Waals surface area contributed by atoms with Gasteiger partial charge in [-0.05, 0) is 53.7 Å². The van der Waals surface area contributed by atoms with E-state index in [9.17, 15) is 5.21 Å². The van der Waals surface area contributed by atoms with Gasteiger partial charge in [-0.1, -0.05) is 35.5 Å². The Hall–Kier alpha value is -2.89. The predicted molar refractivity (Wildman–Crippen MR) is 152 cm³/mol. The summed E-state index contributed by atoms with van der Waals surface area (Å²) in [6, 6.07) is 10.8. The number of halogens is 6. The molecule has 215 valence electrons. The van der Waals surface area contributed by atoms with Gasteiger partial charge in [0.1, 0.15) is 0 Å². The highest BCUT2D eigenvalue weighted by Crippen LogP contribution is 2.67. The molecular weight excluding hydrogens is 582 g/mol. The third-order valence-electron chi connectivity index (χ3n) is 8.65. The molecule has 1 radical (unpaired) electrons. The van der Waals surface area contributed by atoms with Gasteiger partial charge in [0.2, 0.25) is 0 Å². The fourth-order valence-electron chi connectivity index (χ4n) is 5.68. The van der Waals surface area contributed by atoms with Crippen molar-refractivity contribution in [2.24, 2.45) is 4.99 Å². The third-order valence-corrected chi connectivity index (χ3v) is 10.8. The number of alkyl halides is 6. The number of amidine groups is 1. The molecule has 41 heavy (non-hydrogen) atoms. The molecule has 6 rings (SSSR count). The monoisotopic (exact) mass is 607 g/mol. The number of benzene rings is 2. The molecule has 0 saturated carbocycles. The molecule has 0 N–H and O–H groups in total. The van der Waals surface area contributed by atoms with Gasteiger partial charge in [-0.3, -0.25) is 4.99 Å². The second-order valence-electron chi connectivity index (χ2n) is 11.6. The highest BCUT2D eigenvalue weighted by atomic mass is 32.1. The van der Waals surface area contributed by atoms with Gasteiger partial charge in [-0.15, -0.1) is 22.7 Å². The summed E-state index contributed by atoms with van der Waals surface area (Å²) in [6.45, 7) is 10.1. The van der Waals surface area contributed by atoms with Crippen molar-refractivity contribution in [1.82, 2.24) is 5.06 Å². The van der Waals surface area contributed by atoms with E-state index >= 15 is 26.3 Å². The van der Waals surface area contributed by atoms with Crippen molar-refractivity contribution in [1.29, 1.82) is 0 Å². The first-order valence-corrected chi connectivity index (χ1v) is 14.5. The molecule has 11 heteroatoms. The minimum absolute atomic E-state index is 0.128. The van der Waals surface area contributed by atoms with Crippen LogP contribution in [-0.4, -0.2) is 39.7 Å². The van der Waals surface area contributed by atoms with Crippen molar-refractivity contribution in [3.63, 3.8) is 0 Å². The zero-order chi connectivity index (χ0) is 30.1. The van der Waals surface area contributed by atoms with E-state index in [0.29, 0.717) is 15.0 Å². The molecule has 2 aromatic carbocycles. The first-order valence-electron chi connectivity index (χ1n) is 12.8. The van der Waals surface area contributed by atoms with E-state index in [1.165, 1.54) is 32.0 Å². The van der Waals surface area contributed by atoms with Crippen LogP contribution in [0.1, 0.15) is 54.1 Å². The fraction of sp³-hybridized carbons (Fsp3) is 0.367. The van der Waals surface area contributed by atoms with E-state index in [4.69, 9.17) is 0 Å². The van der Waals surface area contributed by atoms with Crippen molar-refractivity contribution in [2.75, 3.05) is 0 Å². The summed E-state index contributed by atoms with van der Waals surface area (Å²) in [5.41, 5.74) is -4.50. The quantitative estimate of drug-likeness (QED) is 0.214. The molecule has 3 nitrogen and oxygen atoms in total.